The van der Waals surface area contributed by atoms with Gasteiger partial charge in [0, 0.05) is 12.1 Å². The van der Waals surface area contributed by atoms with Crippen molar-refractivity contribution in [1.82, 2.24) is 9.88 Å². The summed E-state index contributed by atoms with van der Waals surface area (Å²) in [4.78, 5) is 13.0. The summed E-state index contributed by atoms with van der Waals surface area (Å²) in [6.07, 6.45) is -4.43. The topological polar surface area (TPSA) is 43.3 Å². The van der Waals surface area contributed by atoms with Gasteiger partial charge >= 0.3 is 6.18 Å². The van der Waals surface area contributed by atoms with E-state index in [4.69, 9.17) is 4.74 Å². The number of thiophene rings is 1. The van der Waals surface area contributed by atoms with Gasteiger partial charge < -0.3 is 14.6 Å². The van der Waals surface area contributed by atoms with Gasteiger partial charge in [-0.1, -0.05) is 30.3 Å². The van der Waals surface area contributed by atoms with Crippen molar-refractivity contribution < 1.29 is 22.7 Å². The van der Waals surface area contributed by atoms with E-state index >= 15 is 0 Å². The van der Waals surface area contributed by atoms with Crippen LogP contribution >= 0.6 is 27.3 Å². The van der Waals surface area contributed by atoms with Crippen LogP contribution in [0.3, 0.4) is 0 Å². The van der Waals surface area contributed by atoms with Crippen LogP contribution in [0.4, 0.5) is 13.2 Å². The van der Waals surface area contributed by atoms with Crippen LogP contribution in [0.5, 0.6) is 5.75 Å². The van der Waals surface area contributed by atoms with Crippen LogP contribution in [0.1, 0.15) is 27.2 Å². The Morgan fingerprint density at radius 1 is 1.12 bits per heavy atom. The Balaban J connectivity index is 1.62. The van der Waals surface area contributed by atoms with Crippen molar-refractivity contribution in [2.24, 2.45) is 0 Å². The number of carbonyl (C=O) groups excluding carboxylic acids is 1. The van der Waals surface area contributed by atoms with Gasteiger partial charge in [0.25, 0.3) is 5.91 Å². The SMILES string of the molecule is COc1ccccc1Cn1c(C(=O)NCc2cccc(C(F)(F)F)c2)cc2sc(Br)cc21. The van der Waals surface area contributed by atoms with Crippen LogP contribution in [-0.4, -0.2) is 17.6 Å². The lowest BCUT2D eigenvalue weighted by atomic mass is 10.1. The third-order valence-electron chi connectivity index (χ3n) is 5.02. The third-order valence-corrected chi connectivity index (χ3v) is 6.59. The number of nitrogens with zero attached hydrogens (tertiary/aromatic N) is 1. The van der Waals surface area contributed by atoms with Crippen molar-refractivity contribution >= 4 is 43.4 Å². The number of hydrogen-bond donors (Lipinski definition) is 1. The molecular weight excluding hydrogens is 505 g/mol. The van der Waals surface area contributed by atoms with Crippen molar-refractivity contribution in [1.29, 1.82) is 0 Å². The van der Waals surface area contributed by atoms with Crippen LogP contribution in [0.25, 0.3) is 10.2 Å². The molecule has 0 atom stereocenters. The molecule has 1 N–H and O–H groups in total. The van der Waals surface area contributed by atoms with E-state index in [1.54, 1.807) is 19.2 Å². The molecule has 4 nitrogen and oxygen atoms in total. The molecule has 0 saturated carbocycles. The first-order valence-electron chi connectivity index (χ1n) is 9.61. The Morgan fingerprint density at radius 2 is 1.91 bits per heavy atom. The second-order valence-corrected chi connectivity index (χ2v) is 9.57. The average molecular weight is 523 g/mol. The van der Waals surface area contributed by atoms with Crippen LogP contribution in [0.15, 0.2) is 64.5 Å². The smallest absolute Gasteiger partial charge is 0.416 e. The largest absolute Gasteiger partial charge is 0.496 e. The van der Waals surface area contributed by atoms with Crippen molar-refractivity contribution in [3.05, 3.63) is 86.8 Å². The first kappa shape index (κ1) is 22.4. The molecule has 9 heteroatoms. The molecule has 32 heavy (non-hydrogen) atoms. The molecule has 2 aromatic heterocycles. The molecule has 0 radical (unpaired) electrons. The lowest BCUT2D eigenvalue weighted by molar-refractivity contribution is -0.137. The maximum absolute atomic E-state index is 13.0. The van der Waals surface area contributed by atoms with E-state index in [1.807, 2.05) is 34.9 Å². The van der Waals surface area contributed by atoms with Gasteiger partial charge in [-0.2, -0.15) is 13.2 Å². The minimum Gasteiger partial charge on any atom is -0.496 e. The molecule has 0 aliphatic carbocycles. The van der Waals surface area contributed by atoms with Gasteiger partial charge in [0.15, 0.2) is 0 Å². The molecule has 0 fully saturated rings. The van der Waals surface area contributed by atoms with E-state index in [0.29, 0.717) is 23.6 Å². The van der Waals surface area contributed by atoms with Gasteiger partial charge in [-0.25, -0.2) is 0 Å². The Bertz CT molecular complexity index is 1280. The van der Waals surface area contributed by atoms with E-state index in [-0.39, 0.29) is 12.5 Å². The Morgan fingerprint density at radius 3 is 2.66 bits per heavy atom. The highest BCUT2D eigenvalue weighted by Crippen LogP contribution is 2.34. The monoisotopic (exact) mass is 522 g/mol. The summed E-state index contributed by atoms with van der Waals surface area (Å²) in [6.45, 7) is 0.392. The van der Waals surface area contributed by atoms with E-state index in [2.05, 4.69) is 21.2 Å². The van der Waals surface area contributed by atoms with Crippen LogP contribution in [0, 0.1) is 0 Å². The number of para-hydroxylation sites is 1. The highest BCUT2D eigenvalue weighted by atomic mass is 79.9. The average Bonchev–Trinajstić information content (AvgIpc) is 3.29. The predicted octanol–water partition coefficient (Wildman–Crippen LogP) is 6.47. The second kappa shape index (κ2) is 8.99. The van der Waals surface area contributed by atoms with Crippen LogP contribution in [-0.2, 0) is 19.3 Å². The standard InChI is InChI=1S/C23H18BrF3N2O2S/c1-31-19-8-3-2-6-15(19)13-29-17-11-21(24)32-20(17)10-18(29)22(30)28-12-14-5-4-7-16(9-14)23(25,26)27/h2-11H,12-13H2,1H3,(H,28,30). The van der Waals surface area contributed by atoms with Gasteiger partial charge in [-0.05, 0) is 51.8 Å². The summed E-state index contributed by atoms with van der Waals surface area (Å²) in [5.74, 6) is 0.343. The van der Waals surface area contributed by atoms with Crippen molar-refractivity contribution in [3.63, 3.8) is 0 Å². The summed E-state index contributed by atoms with van der Waals surface area (Å²) in [7, 11) is 1.59. The molecule has 0 aliphatic rings. The fourth-order valence-corrected chi connectivity index (χ4v) is 5.07. The molecule has 4 rings (SSSR count). The number of nitrogens with one attached hydrogen (secondary N) is 1. The molecule has 0 aliphatic heterocycles. The lowest BCUT2D eigenvalue weighted by Gasteiger charge is -2.14. The molecule has 2 aromatic carbocycles. The molecule has 2 heterocycles. The molecule has 0 bridgehead atoms. The zero-order valence-electron chi connectivity index (χ0n) is 16.9. The number of carbonyl (C=O) groups is 1. The molecule has 0 saturated heterocycles. The Hall–Kier alpha value is -2.78. The fourth-order valence-electron chi connectivity index (χ4n) is 3.50. The number of methoxy groups -OCH3 is 1. The predicted molar refractivity (Wildman–Crippen MR) is 122 cm³/mol. The first-order chi connectivity index (χ1) is 15.3. The maximum atomic E-state index is 13.0. The second-order valence-electron chi connectivity index (χ2n) is 7.11. The number of hydrogen-bond acceptors (Lipinski definition) is 3. The van der Waals surface area contributed by atoms with Crippen molar-refractivity contribution in [2.75, 3.05) is 7.11 Å². The van der Waals surface area contributed by atoms with Gasteiger partial charge in [0.05, 0.1) is 33.2 Å². The number of halogens is 4. The lowest BCUT2D eigenvalue weighted by Crippen LogP contribution is -2.26. The van der Waals surface area contributed by atoms with E-state index in [0.717, 1.165) is 31.7 Å². The molecule has 1 amide bonds. The quantitative estimate of drug-likeness (QED) is 0.315. The summed E-state index contributed by atoms with van der Waals surface area (Å²) in [5.41, 5.74) is 1.85. The number of ether oxygens (including phenoxy) is 1. The molecule has 166 valence electrons. The highest BCUT2D eigenvalue weighted by Gasteiger charge is 2.30. The number of benzene rings is 2. The minimum absolute atomic E-state index is 0.0140. The number of aromatic nitrogens is 1. The zero-order valence-corrected chi connectivity index (χ0v) is 19.3. The fraction of sp³-hybridized carbons (Fsp3) is 0.174. The van der Waals surface area contributed by atoms with Crippen LogP contribution in [0.2, 0.25) is 0 Å². The molecular formula is C23H18BrF3N2O2S. The summed E-state index contributed by atoms with van der Waals surface area (Å²) in [5, 5.41) is 2.75. The summed E-state index contributed by atoms with van der Waals surface area (Å²) < 4.78 is 48.1. The zero-order chi connectivity index (χ0) is 22.9. The highest BCUT2D eigenvalue weighted by molar-refractivity contribution is 9.11. The van der Waals surface area contributed by atoms with Crippen LogP contribution < -0.4 is 10.1 Å². The Labute approximate surface area is 194 Å². The number of rotatable bonds is 6. The molecule has 4 aromatic rings. The van der Waals surface area contributed by atoms with Gasteiger partial charge in [-0.3, -0.25) is 4.79 Å². The molecule has 0 unspecified atom stereocenters. The van der Waals surface area contributed by atoms with Crippen molar-refractivity contribution in [3.8, 4) is 5.75 Å². The third kappa shape index (κ3) is 4.68. The van der Waals surface area contributed by atoms with E-state index in [1.165, 1.54) is 17.4 Å². The Kier molecular flexibility index (Phi) is 6.30. The van der Waals surface area contributed by atoms with E-state index in [9.17, 15) is 18.0 Å². The van der Waals surface area contributed by atoms with Gasteiger partial charge in [0.1, 0.15) is 11.4 Å². The number of amides is 1. The van der Waals surface area contributed by atoms with Gasteiger partial charge in [0.2, 0.25) is 0 Å². The molecule has 0 spiro atoms. The van der Waals surface area contributed by atoms with E-state index < -0.39 is 11.7 Å². The van der Waals surface area contributed by atoms with Crippen molar-refractivity contribution in [2.45, 2.75) is 19.3 Å². The minimum atomic E-state index is -4.43. The summed E-state index contributed by atoms with van der Waals surface area (Å²) in [6, 6.07) is 16.2. The summed E-state index contributed by atoms with van der Waals surface area (Å²) >= 11 is 4.99. The number of fused-ring (bicyclic) bond motifs is 1. The number of alkyl halides is 3. The normalized spacial score (nSPS) is 11.7. The van der Waals surface area contributed by atoms with Gasteiger partial charge in [-0.15, -0.1) is 11.3 Å². The first-order valence-corrected chi connectivity index (χ1v) is 11.2. The maximum Gasteiger partial charge on any atom is 0.416 e.